The van der Waals surface area contributed by atoms with Gasteiger partial charge in [0.15, 0.2) is 0 Å². The number of amides is 1. The highest BCUT2D eigenvalue weighted by molar-refractivity contribution is 5.93. The van der Waals surface area contributed by atoms with Gasteiger partial charge in [-0.3, -0.25) is 14.6 Å². The minimum absolute atomic E-state index is 0.120. The van der Waals surface area contributed by atoms with Crippen molar-refractivity contribution in [3.05, 3.63) is 35.5 Å². The lowest BCUT2D eigenvalue weighted by Crippen LogP contribution is -2.06. The van der Waals surface area contributed by atoms with Gasteiger partial charge in [0.25, 0.3) is 0 Å². The number of nitrogens with zero attached hydrogens (tertiary/aromatic N) is 1. The van der Waals surface area contributed by atoms with E-state index in [2.05, 4.69) is 15.0 Å². The predicted octanol–water partition coefficient (Wildman–Crippen LogP) is 2.61. The average molecular weight is 286 g/mol. The van der Waals surface area contributed by atoms with Gasteiger partial charge in [0.2, 0.25) is 5.91 Å². The van der Waals surface area contributed by atoms with Crippen molar-refractivity contribution in [1.29, 1.82) is 0 Å². The highest BCUT2D eigenvalue weighted by Crippen LogP contribution is 2.23. The van der Waals surface area contributed by atoms with Gasteiger partial charge in [-0.1, -0.05) is 0 Å². The van der Waals surface area contributed by atoms with Gasteiger partial charge in [0.05, 0.1) is 12.6 Å². The first kappa shape index (κ1) is 15.0. The van der Waals surface area contributed by atoms with Gasteiger partial charge in [-0.05, 0) is 43.2 Å². The van der Waals surface area contributed by atoms with Crippen molar-refractivity contribution in [2.75, 3.05) is 12.4 Å². The van der Waals surface area contributed by atoms with Crippen LogP contribution in [-0.4, -0.2) is 24.0 Å². The first-order valence-electron chi connectivity index (χ1n) is 6.74. The van der Waals surface area contributed by atoms with Crippen LogP contribution in [0.1, 0.15) is 24.6 Å². The zero-order chi connectivity index (χ0) is 15.4. The third kappa shape index (κ3) is 3.78. The minimum atomic E-state index is -0.240. The maximum Gasteiger partial charge on any atom is 0.305 e. The number of ether oxygens (including phenoxy) is 1. The molecule has 0 fully saturated rings. The summed E-state index contributed by atoms with van der Waals surface area (Å²) in [6.45, 7) is 3.39. The third-order valence-electron chi connectivity index (χ3n) is 3.17. The fourth-order valence-corrected chi connectivity index (χ4v) is 2.27. The molecule has 0 saturated heterocycles. The van der Waals surface area contributed by atoms with Gasteiger partial charge in [0, 0.05) is 30.1 Å². The normalized spacial score (nSPS) is 10.4. The number of benzene rings is 1. The summed E-state index contributed by atoms with van der Waals surface area (Å²) in [6.07, 6.45) is 0.898. The van der Waals surface area contributed by atoms with E-state index in [0.29, 0.717) is 12.8 Å². The van der Waals surface area contributed by atoms with Gasteiger partial charge in [-0.15, -0.1) is 0 Å². The van der Waals surface area contributed by atoms with E-state index in [9.17, 15) is 9.59 Å². The summed E-state index contributed by atoms with van der Waals surface area (Å²) in [5, 5.41) is 3.70. The van der Waals surface area contributed by atoms with Crippen LogP contribution >= 0.6 is 0 Å². The van der Waals surface area contributed by atoms with Crippen LogP contribution in [0.5, 0.6) is 0 Å². The van der Waals surface area contributed by atoms with E-state index in [1.165, 1.54) is 14.0 Å². The molecule has 2 aromatic rings. The number of rotatable bonds is 4. The maximum atomic E-state index is 11.3. The van der Waals surface area contributed by atoms with Crippen molar-refractivity contribution in [2.45, 2.75) is 26.7 Å². The fourth-order valence-electron chi connectivity index (χ4n) is 2.27. The van der Waals surface area contributed by atoms with Crippen molar-refractivity contribution < 1.29 is 14.3 Å². The predicted molar refractivity (Wildman–Crippen MR) is 81.1 cm³/mol. The second kappa shape index (κ2) is 6.35. The van der Waals surface area contributed by atoms with Crippen LogP contribution in [0.2, 0.25) is 0 Å². The summed E-state index contributed by atoms with van der Waals surface area (Å²) in [7, 11) is 1.38. The van der Waals surface area contributed by atoms with Crippen LogP contribution in [0.4, 0.5) is 5.69 Å². The van der Waals surface area contributed by atoms with Gasteiger partial charge in [0.1, 0.15) is 0 Å². The molecule has 1 aromatic heterocycles. The molecular formula is C16H18N2O3. The van der Waals surface area contributed by atoms with Crippen molar-refractivity contribution in [1.82, 2.24) is 4.98 Å². The van der Waals surface area contributed by atoms with Crippen LogP contribution in [0.3, 0.4) is 0 Å². The summed E-state index contributed by atoms with van der Waals surface area (Å²) in [6, 6.07) is 7.54. The Balaban J connectivity index is 2.40. The molecule has 5 heteroatoms. The molecule has 0 spiro atoms. The first-order valence-corrected chi connectivity index (χ1v) is 6.74. The van der Waals surface area contributed by atoms with E-state index in [1.54, 1.807) is 0 Å². The molecular weight excluding hydrogens is 268 g/mol. The largest absolute Gasteiger partial charge is 0.469 e. The number of aromatic nitrogens is 1. The van der Waals surface area contributed by atoms with Crippen molar-refractivity contribution >= 4 is 28.5 Å². The van der Waals surface area contributed by atoms with Gasteiger partial charge >= 0.3 is 5.97 Å². The number of carbonyl (C=O) groups is 2. The molecule has 0 radical (unpaired) electrons. The average Bonchev–Trinajstić information content (AvgIpc) is 2.44. The van der Waals surface area contributed by atoms with E-state index in [0.717, 1.165) is 27.8 Å². The first-order chi connectivity index (χ1) is 9.99. The molecule has 5 nitrogen and oxygen atoms in total. The molecule has 1 N–H and O–H groups in total. The maximum absolute atomic E-state index is 11.3. The Morgan fingerprint density at radius 3 is 2.71 bits per heavy atom. The molecule has 1 heterocycles. The number of esters is 1. The summed E-state index contributed by atoms with van der Waals surface area (Å²) >= 11 is 0. The second-order valence-corrected chi connectivity index (χ2v) is 4.91. The van der Waals surface area contributed by atoms with Crippen LogP contribution in [0, 0.1) is 6.92 Å². The van der Waals surface area contributed by atoms with Crippen LogP contribution in [0.15, 0.2) is 24.3 Å². The topological polar surface area (TPSA) is 68.3 Å². The van der Waals surface area contributed by atoms with E-state index in [4.69, 9.17) is 0 Å². The Morgan fingerprint density at radius 1 is 1.29 bits per heavy atom. The quantitative estimate of drug-likeness (QED) is 0.877. The SMILES string of the molecule is COC(=O)CCc1cc(C)nc2ccc(NC(C)=O)cc12. The Hall–Kier alpha value is -2.43. The van der Waals surface area contributed by atoms with Crippen LogP contribution in [-0.2, 0) is 20.7 Å². The summed E-state index contributed by atoms with van der Waals surface area (Å²) in [5.74, 6) is -0.360. The molecule has 0 aliphatic rings. The molecule has 1 aromatic carbocycles. The molecule has 0 bridgehead atoms. The van der Waals surface area contributed by atoms with Crippen LogP contribution in [0.25, 0.3) is 10.9 Å². The lowest BCUT2D eigenvalue weighted by molar-refractivity contribution is -0.140. The zero-order valence-corrected chi connectivity index (χ0v) is 12.4. The monoisotopic (exact) mass is 286 g/mol. The molecule has 0 aliphatic heterocycles. The number of aryl methyl sites for hydroxylation is 2. The van der Waals surface area contributed by atoms with Crippen molar-refractivity contribution in [3.8, 4) is 0 Å². The van der Waals surface area contributed by atoms with Crippen molar-refractivity contribution in [3.63, 3.8) is 0 Å². The number of carbonyl (C=O) groups excluding carboxylic acids is 2. The Morgan fingerprint density at radius 2 is 2.05 bits per heavy atom. The molecule has 1 amide bonds. The zero-order valence-electron chi connectivity index (χ0n) is 12.4. The van der Waals surface area contributed by atoms with E-state index in [-0.39, 0.29) is 11.9 Å². The lowest BCUT2D eigenvalue weighted by Gasteiger charge is -2.10. The summed E-state index contributed by atoms with van der Waals surface area (Å²) < 4.78 is 4.68. The van der Waals surface area contributed by atoms with Crippen molar-refractivity contribution in [2.24, 2.45) is 0 Å². The molecule has 0 atom stereocenters. The molecule has 0 aliphatic carbocycles. The Labute approximate surface area is 123 Å². The number of fused-ring (bicyclic) bond motifs is 1. The summed E-state index contributed by atoms with van der Waals surface area (Å²) in [4.78, 5) is 27.0. The smallest absolute Gasteiger partial charge is 0.305 e. The number of anilines is 1. The van der Waals surface area contributed by atoms with E-state index in [1.807, 2.05) is 31.2 Å². The Bertz CT molecular complexity index is 695. The highest BCUT2D eigenvalue weighted by Gasteiger charge is 2.08. The third-order valence-corrected chi connectivity index (χ3v) is 3.17. The van der Waals surface area contributed by atoms with E-state index >= 15 is 0 Å². The van der Waals surface area contributed by atoms with Crippen LogP contribution < -0.4 is 5.32 Å². The Kier molecular flexibility index (Phi) is 4.52. The number of pyridine rings is 1. The fraction of sp³-hybridized carbons (Fsp3) is 0.312. The minimum Gasteiger partial charge on any atom is -0.469 e. The van der Waals surface area contributed by atoms with Gasteiger partial charge in [-0.2, -0.15) is 0 Å². The number of hydrogen-bond donors (Lipinski definition) is 1. The second-order valence-electron chi connectivity index (χ2n) is 4.91. The number of nitrogens with one attached hydrogen (secondary N) is 1. The molecule has 2 rings (SSSR count). The number of hydrogen-bond acceptors (Lipinski definition) is 4. The molecule has 21 heavy (non-hydrogen) atoms. The highest BCUT2D eigenvalue weighted by atomic mass is 16.5. The number of methoxy groups -OCH3 is 1. The molecule has 0 saturated carbocycles. The van der Waals surface area contributed by atoms with E-state index < -0.39 is 0 Å². The standard InChI is InChI=1S/C16H18N2O3/c1-10-8-12(4-7-16(20)21-3)14-9-13(18-11(2)19)5-6-15(14)17-10/h5-6,8-9H,4,7H2,1-3H3,(H,18,19). The lowest BCUT2D eigenvalue weighted by atomic mass is 10.0. The summed E-state index contributed by atoms with van der Waals surface area (Å²) in [5.41, 5.74) is 3.49. The molecule has 110 valence electrons. The van der Waals surface area contributed by atoms with Gasteiger partial charge < -0.3 is 10.1 Å². The molecule has 0 unspecified atom stereocenters. The van der Waals surface area contributed by atoms with Gasteiger partial charge in [-0.25, -0.2) is 0 Å².